The number of carbonyl (C=O) groups excluding carboxylic acids is 1. The van der Waals surface area contributed by atoms with Crippen molar-refractivity contribution < 1.29 is 19.4 Å². The van der Waals surface area contributed by atoms with E-state index in [0.29, 0.717) is 37.6 Å². The minimum atomic E-state index is -1.10. The maximum Gasteiger partial charge on any atom is 0.257 e. The van der Waals surface area contributed by atoms with E-state index in [9.17, 15) is 9.90 Å². The van der Waals surface area contributed by atoms with E-state index in [1.165, 1.54) is 0 Å². The van der Waals surface area contributed by atoms with Crippen molar-refractivity contribution in [3.8, 4) is 0 Å². The van der Waals surface area contributed by atoms with Gasteiger partial charge in [0, 0.05) is 43.0 Å². The van der Waals surface area contributed by atoms with Gasteiger partial charge in [0.15, 0.2) is 6.10 Å². The molecule has 0 radical (unpaired) electrons. The molecule has 0 aromatic heterocycles. The van der Waals surface area contributed by atoms with Crippen LogP contribution >= 0.6 is 15.9 Å². The van der Waals surface area contributed by atoms with Gasteiger partial charge in [-0.1, -0.05) is 0 Å². The monoisotopic (exact) mass is 358 g/mol. The highest BCUT2D eigenvalue weighted by molar-refractivity contribution is 9.10. The summed E-state index contributed by atoms with van der Waals surface area (Å²) < 4.78 is 11.1. The summed E-state index contributed by atoms with van der Waals surface area (Å²) in [4.78, 5) is 13.6. The van der Waals surface area contributed by atoms with Gasteiger partial charge >= 0.3 is 0 Å². The predicted octanol–water partition coefficient (Wildman–Crippen LogP) is 1.53. The van der Waals surface area contributed by atoms with Gasteiger partial charge in [0.25, 0.3) is 5.91 Å². The van der Waals surface area contributed by atoms with Crippen LogP contribution in [0.1, 0.15) is 11.7 Å². The zero-order valence-corrected chi connectivity index (χ0v) is 13.6. The standard InChI is InChI=1S/C14H19BrN2O4/c1-20-5-3-17(4-6-21-2)12-8-11-9(7-10(12)15)13(18)14(19)16-11/h7-8,13,18H,3-6H2,1-2H3,(H,16,19). The van der Waals surface area contributed by atoms with Gasteiger partial charge in [-0.2, -0.15) is 0 Å². The molecule has 0 saturated carbocycles. The van der Waals surface area contributed by atoms with E-state index >= 15 is 0 Å². The Kier molecular flexibility index (Phi) is 5.58. The number of carbonyl (C=O) groups is 1. The van der Waals surface area contributed by atoms with Crippen LogP contribution in [0, 0.1) is 0 Å². The number of nitrogens with one attached hydrogen (secondary N) is 1. The van der Waals surface area contributed by atoms with Crippen molar-refractivity contribution in [3.05, 3.63) is 22.2 Å². The number of halogens is 1. The predicted molar refractivity (Wildman–Crippen MR) is 83.7 cm³/mol. The van der Waals surface area contributed by atoms with Gasteiger partial charge in [-0.15, -0.1) is 0 Å². The summed E-state index contributed by atoms with van der Waals surface area (Å²) in [6.07, 6.45) is -1.10. The van der Waals surface area contributed by atoms with Gasteiger partial charge in [0.05, 0.1) is 18.9 Å². The number of benzene rings is 1. The zero-order chi connectivity index (χ0) is 15.4. The molecule has 6 nitrogen and oxygen atoms in total. The van der Waals surface area contributed by atoms with Gasteiger partial charge in [-0.25, -0.2) is 0 Å². The number of fused-ring (bicyclic) bond motifs is 1. The van der Waals surface area contributed by atoms with E-state index < -0.39 is 12.0 Å². The molecule has 1 unspecified atom stereocenters. The Morgan fingerprint density at radius 1 is 1.29 bits per heavy atom. The molecule has 1 amide bonds. The maximum absolute atomic E-state index is 11.5. The first-order valence-electron chi connectivity index (χ1n) is 6.63. The van der Waals surface area contributed by atoms with Crippen LogP contribution in [0.15, 0.2) is 16.6 Å². The number of anilines is 2. The largest absolute Gasteiger partial charge is 0.383 e. The van der Waals surface area contributed by atoms with Crippen molar-refractivity contribution in [2.45, 2.75) is 6.10 Å². The van der Waals surface area contributed by atoms with Crippen LogP contribution < -0.4 is 10.2 Å². The molecule has 2 N–H and O–H groups in total. The van der Waals surface area contributed by atoms with Crippen molar-refractivity contribution in [2.24, 2.45) is 0 Å². The Bertz CT molecular complexity index is 516. The fourth-order valence-electron chi connectivity index (χ4n) is 2.25. The number of ether oxygens (including phenoxy) is 2. The van der Waals surface area contributed by atoms with Crippen LogP contribution in [-0.2, 0) is 14.3 Å². The average Bonchev–Trinajstić information content (AvgIpc) is 2.74. The summed E-state index contributed by atoms with van der Waals surface area (Å²) in [6, 6.07) is 3.64. The molecule has 116 valence electrons. The van der Waals surface area contributed by atoms with Gasteiger partial charge in [-0.3, -0.25) is 4.79 Å². The zero-order valence-electron chi connectivity index (χ0n) is 12.1. The van der Waals surface area contributed by atoms with Crippen molar-refractivity contribution in [3.63, 3.8) is 0 Å². The minimum Gasteiger partial charge on any atom is -0.383 e. The van der Waals surface area contributed by atoms with Crippen LogP contribution in [0.3, 0.4) is 0 Å². The Hall–Kier alpha value is -1.15. The normalized spacial score (nSPS) is 16.8. The summed E-state index contributed by atoms with van der Waals surface area (Å²) in [6.45, 7) is 2.58. The summed E-state index contributed by atoms with van der Waals surface area (Å²) in [5, 5.41) is 12.5. The molecule has 1 aliphatic rings. The molecule has 1 atom stereocenters. The molecule has 1 aliphatic heterocycles. The molecule has 7 heteroatoms. The van der Waals surface area contributed by atoms with Crippen LogP contribution in [-0.4, -0.2) is 51.5 Å². The first-order chi connectivity index (χ1) is 10.1. The number of rotatable bonds is 7. The third-order valence-electron chi connectivity index (χ3n) is 3.39. The fourth-order valence-corrected chi connectivity index (χ4v) is 2.86. The highest BCUT2D eigenvalue weighted by Crippen LogP contribution is 2.38. The Morgan fingerprint density at radius 2 is 1.90 bits per heavy atom. The second-order valence-electron chi connectivity index (χ2n) is 4.76. The molecule has 1 aromatic carbocycles. The summed E-state index contributed by atoms with van der Waals surface area (Å²) in [5.74, 6) is -0.394. The van der Waals surface area contributed by atoms with Crippen LogP contribution in [0.25, 0.3) is 0 Å². The van der Waals surface area contributed by atoms with Crippen LogP contribution in [0.4, 0.5) is 11.4 Å². The lowest BCUT2D eigenvalue weighted by Crippen LogP contribution is -2.31. The molecule has 0 fully saturated rings. The molecule has 0 saturated heterocycles. The second-order valence-corrected chi connectivity index (χ2v) is 5.61. The van der Waals surface area contributed by atoms with Crippen molar-refractivity contribution in [1.82, 2.24) is 0 Å². The molecule has 1 aromatic rings. The lowest BCUT2D eigenvalue weighted by Gasteiger charge is -2.26. The molecular weight excluding hydrogens is 340 g/mol. The Labute approximate surface area is 132 Å². The Balaban J connectivity index is 2.28. The van der Waals surface area contributed by atoms with E-state index in [4.69, 9.17) is 9.47 Å². The van der Waals surface area contributed by atoms with Crippen LogP contribution in [0.5, 0.6) is 0 Å². The number of nitrogens with zero attached hydrogens (tertiary/aromatic N) is 1. The van der Waals surface area contributed by atoms with Crippen molar-refractivity contribution in [2.75, 3.05) is 50.7 Å². The van der Waals surface area contributed by atoms with E-state index in [-0.39, 0.29) is 0 Å². The quantitative estimate of drug-likeness (QED) is 0.773. The number of hydrogen-bond acceptors (Lipinski definition) is 5. The fraction of sp³-hybridized carbons (Fsp3) is 0.500. The van der Waals surface area contributed by atoms with E-state index in [1.807, 2.05) is 6.07 Å². The molecule has 2 rings (SSSR count). The highest BCUT2D eigenvalue weighted by atomic mass is 79.9. The summed E-state index contributed by atoms with van der Waals surface area (Å²) in [5.41, 5.74) is 2.16. The molecule has 0 spiro atoms. The van der Waals surface area contributed by atoms with Crippen LogP contribution in [0.2, 0.25) is 0 Å². The lowest BCUT2D eigenvalue weighted by molar-refractivity contribution is -0.123. The molecule has 1 heterocycles. The SMILES string of the molecule is COCCN(CCOC)c1cc2c(cc1Br)C(O)C(=O)N2. The number of aliphatic hydroxyl groups is 1. The van der Waals surface area contributed by atoms with E-state index in [1.54, 1.807) is 20.3 Å². The molecule has 0 bridgehead atoms. The number of amides is 1. The smallest absolute Gasteiger partial charge is 0.257 e. The van der Waals surface area contributed by atoms with E-state index in [2.05, 4.69) is 26.1 Å². The minimum absolute atomic E-state index is 0.394. The summed E-state index contributed by atoms with van der Waals surface area (Å²) in [7, 11) is 3.31. The summed E-state index contributed by atoms with van der Waals surface area (Å²) >= 11 is 3.51. The van der Waals surface area contributed by atoms with Gasteiger partial charge in [0.2, 0.25) is 0 Å². The van der Waals surface area contributed by atoms with Gasteiger partial charge < -0.3 is 24.8 Å². The molecule has 21 heavy (non-hydrogen) atoms. The number of methoxy groups -OCH3 is 2. The first-order valence-corrected chi connectivity index (χ1v) is 7.43. The van der Waals surface area contributed by atoms with Crippen molar-refractivity contribution >= 4 is 33.2 Å². The number of hydrogen-bond donors (Lipinski definition) is 2. The number of aliphatic hydroxyl groups excluding tert-OH is 1. The molecular formula is C14H19BrN2O4. The lowest BCUT2D eigenvalue weighted by atomic mass is 10.1. The van der Waals surface area contributed by atoms with Gasteiger partial charge in [0.1, 0.15) is 0 Å². The van der Waals surface area contributed by atoms with Crippen molar-refractivity contribution in [1.29, 1.82) is 0 Å². The third-order valence-corrected chi connectivity index (χ3v) is 4.03. The van der Waals surface area contributed by atoms with Gasteiger partial charge in [-0.05, 0) is 28.1 Å². The first kappa shape index (κ1) is 16.2. The average molecular weight is 359 g/mol. The Morgan fingerprint density at radius 3 is 2.48 bits per heavy atom. The highest BCUT2D eigenvalue weighted by Gasteiger charge is 2.30. The third kappa shape index (κ3) is 3.55. The second kappa shape index (κ2) is 7.22. The molecule has 0 aliphatic carbocycles. The topological polar surface area (TPSA) is 71.0 Å². The van der Waals surface area contributed by atoms with E-state index in [0.717, 1.165) is 10.2 Å². The maximum atomic E-state index is 11.5.